The zero-order valence-electron chi connectivity index (χ0n) is 10.2. The van der Waals surface area contributed by atoms with E-state index in [2.05, 4.69) is 15.2 Å². The second-order valence-electron chi connectivity index (χ2n) is 4.09. The highest BCUT2D eigenvalue weighted by Gasteiger charge is 2.06. The van der Waals surface area contributed by atoms with E-state index >= 15 is 0 Å². The van der Waals surface area contributed by atoms with Crippen molar-refractivity contribution in [2.45, 2.75) is 6.42 Å². The Balaban J connectivity index is 1.70. The van der Waals surface area contributed by atoms with Crippen LogP contribution in [0, 0.1) is 0 Å². The van der Waals surface area contributed by atoms with Gasteiger partial charge in [-0.1, -0.05) is 18.2 Å². The average molecular weight is 255 g/mol. The molecule has 0 unspecified atom stereocenters. The van der Waals surface area contributed by atoms with E-state index < -0.39 is 0 Å². The molecule has 6 nitrogen and oxygen atoms in total. The molecular weight excluding hydrogens is 242 g/mol. The van der Waals surface area contributed by atoms with E-state index in [1.165, 1.54) is 0 Å². The van der Waals surface area contributed by atoms with Gasteiger partial charge in [-0.05, 0) is 11.6 Å². The van der Waals surface area contributed by atoms with Gasteiger partial charge in [0.2, 0.25) is 5.65 Å². The summed E-state index contributed by atoms with van der Waals surface area (Å²) < 4.78 is 7.41. The molecule has 19 heavy (non-hydrogen) atoms. The smallest absolute Gasteiger partial charge is 0.260 e. The normalized spacial score (nSPS) is 10.7. The highest BCUT2D eigenvalue weighted by molar-refractivity contribution is 5.48. The monoisotopic (exact) mass is 255 g/mol. The Labute approximate surface area is 109 Å². The fourth-order valence-electron chi connectivity index (χ4n) is 1.86. The van der Waals surface area contributed by atoms with Crippen LogP contribution in [0.3, 0.4) is 0 Å². The Bertz CT molecular complexity index is 694. The predicted octanol–water partition coefficient (Wildman–Crippen LogP) is 1.33. The number of fused-ring (bicyclic) bond motifs is 1. The third-order valence-corrected chi connectivity index (χ3v) is 2.85. The summed E-state index contributed by atoms with van der Waals surface area (Å²) in [5.41, 5.74) is 8.33. The first kappa shape index (κ1) is 11.5. The van der Waals surface area contributed by atoms with Gasteiger partial charge in [0.05, 0.1) is 6.61 Å². The van der Waals surface area contributed by atoms with Gasteiger partial charge >= 0.3 is 0 Å². The third kappa shape index (κ3) is 2.33. The predicted molar refractivity (Wildman–Crippen MR) is 70.8 cm³/mol. The van der Waals surface area contributed by atoms with E-state index in [0.29, 0.717) is 18.1 Å². The van der Waals surface area contributed by atoms with E-state index in [9.17, 15) is 0 Å². The highest BCUT2D eigenvalue weighted by Crippen LogP contribution is 2.15. The van der Waals surface area contributed by atoms with E-state index in [0.717, 1.165) is 17.7 Å². The molecule has 0 fully saturated rings. The molecule has 6 heteroatoms. The quantitative estimate of drug-likeness (QED) is 0.711. The molecule has 0 aliphatic heterocycles. The Morgan fingerprint density at radius 3 is 3.05 bits per heavy atom. The van der Waals surface area contributed by atoms with Crippen molar-refractivity contribution in [2.24, 2.45) is 0 Å². The fraction of sp³-hybridized carbons (Fsp3) is 0.154. The summed E-state index contributed by atoms with van der Waals surface area (Å²) in [7, 11) is 0. The van der Waals surface area contributed by atoms with Crippen molar-refractivity contribution in [3.05, 3.63) is 48.5 Å². The number of rotatable bonds is 4. The molecular formula is C13H13N5O. The molecule has 0 saturated heterocycles. The van der Waals surface area contributed by atoms with Crippen LogP contribution in [-0.4, -0.2) is 26.2 Å². The number of anilines is 1. The lowest BCUT2D eigenvalue weighted by molar-refractivity contribution is 0.311. The maximum Gasteiger partial charge on any atom is 0.260 e. The van der Waals surface area contributed by atoms with Crippen LogP contribution in [0.1, 0.15) is 5.56 Å². The first-order valence-electron chi connectivity index (χ1n) is 5.95. The summed E-state index contributed by atoms with van der Waals surface area (Å²) in [6, 6.07) is 7.75. The second kappa shape index (κ2) is 4.93. The summed E-state index contributed by atoms with van der Waals surface area (Å²) in [5, 5.41) is 7.78. The van der Waals surface area contributed by atoms with Crippen molar-refractivity contribution in [2.75, 3.05) is 12.3 Å². The molecule has 2 aromatic heterocycles. The van der Waals surface area contributed by atoms with Crippen LogP contribution in [0.2, 0.25) is 0 Å². The average Bonchev–Trinajstić information content (AvgIpc) is 2.90. The van der Waals surface area contributed by atoms with Gasteiger partial charge in [0.15, 0.2) is 0 Å². The molecule has 3 rings (SSSR count). The lowest BCUT2D eigenvalue weighted by Gasteiger charge is -2.07. The maximum atomic E-state index is 5.88. The standard InChI is InChI=1S/C13H13N5O/c14-11-4-2-1-3-10(11)5-8-19-13-12-17-16-9-18(12)7-6-15-13/h1-4,6-7,9H,5,8,14H2. The number of para-hydroxylation sites is 1. The number of aromatic nitrogens is 4. The number of nitrogens with two attached hydrogens (primary N) is 1. The lowest BCUT2D eigenvalue weighted by Crippen LogP contribution is -2.05. The van der Waals surface area contributed by atoms with Gasteiger partial charge in [0, 0.05) is 24.5 Å². The summed E-state index contributed by atoms with van der Waals surface area (Å²) in [5.74, 6) is 0.481. The van der Waals surface area contributed by atoms with E-state index in [1.54, 1.807) is 23.1 Å². The Morgan fingerprint density at radius 2 is 2.16 bits per heavy atom. The molecule has 96 valence electrons. The highest BCUT2D eigenvalue weighted by atomic mass is 16.5. The molecule has 0 atom stereocenters. The van der Waals surface area contributed by atoms with Crippen molar-refractivity contribution in [1.29, 1.82) is 0 Å². The maximum absolute atomic E-state index is 5.88. The van der Waals surface area contributed by atoms with E-state index in [4.69, 9.17) is 10.5 Å². The van der Waals surface area contributed by atoms with Crippen molar-refractivity contribution in [3.63, 3.8) is 0 Å². The number of hydrogen-bond acceptors (Lipinski definition) is 5. The van der Waals surface area contributed by atoms with Crippen LogP contribution < -0.4 is 10.5 Å². The molecule has 0 bridgehead atoms. The van der Waals surface area contributed by atoms with Crippen molar-refractivity contribution in [3.8, 4) is 5.88 Å². The first-order chi connectivity index (χ1) is 9.34. The van der Waals surface area contributed by atoms with Gasteiger partial charge in [-0.15, -0.1) is 10.2 Å². The minimum atomic E-state index is 0.481. The SMILES string of the molecule is Nc1ccccc1CCOc1nccn2cnnc12. The molecule has 1 aromatic carbocycles. The van der Waals surface area contributed by atoms with Crippen molar-refractivity contribution < 1.29 is 4.74 Å². The minimum Gasteiger partial charge on any atom is -0.475 e. The van der Waals surface area contributed by atoms with Crippen LogP contribution in [-0.2, 0) is 6.42 Å². The largest absolute Gasteiger partial charge is 0.475 e. The van der Waals surface area contributed by atoms with Crippen LogP contribution in [0.4, 0.5) is 5.69 Å². The molecule has 0 amide bonds. The number of nitrogens with zero attached hydrogens (tertiary/aromatic N) is 4. The Kier molecular flexibility index (Phi) is 2.97. The van der Waals surface area contributed by atoms with Gasteiger partial charge in [-0.2, -0.15) is 0 Å². The van der Waals surface area contributed by atoms with Crippen LogP contribution in [0.15, 0.2) is 43.0 Å². The molecule has 2 heterocycles. The van der Waals surface area contributed by atoms with Gasteiger partial charge in [0.25, 0.3) is 5.88 Å². The minimum absolute atomic E-state index is 0.481. The van der Waals surface area contributed by atoms with Gasteiger partial charge in [-0.3, -0.25) is 4.40 Å². The molecule has 0 spiro atoms. The van der Waals surface area contributed by atoms with Gasteiger partial charge < -0.3 is 10.5 Å². The fourth-order valence-corrected chi connectivity index (χ4v) is 1.86. The number of ether oxygens (including phenoxy) is 1. The van der Waals surface area contributed by atoms with Crippen LogP contribution in [0.25, 0.3) is 5.65 Å². The van der Waals surface area contributed by atoms with Crippen LogP contribution in [0.5, 0.6) is 5.88 Å². The van der Waals surface area contributed by atoms with E-state index in [-0.39, 0.29) is 0 Å². The van der Waals surface area contributed by atoms with Gasteiger partial charge in [0.1, 0.15) is 6.33 Å². The summed E-state index contributed by atoms with van der Waals surface area (Å²) in [6.07, 6.45) is 5.77. The zero-order valence-corrected chi connectivity index (χ0v) is 10.2. The second-order valence-corrected chi connectivity index (χ2v) is 4.09. The molecule has 0 aliphatic carbocycles. The first-order valence-corrected chi connectivity index (χ1v) is 5.95. The Morgan fingerprint density at radius 1 is 1.26 bits per heavy atom. The summed E-state index contributed by atoms with van der Waals surface area (Å²) >= 11 is 0. The van der Waals surface area contributed by atoms with Crippen LogP contribution >= 0.6 is 0 Å². The summed E-state index contributed by atoms with van der Waals surface area (Å²) in [4.78, 5) is 4.16. The van der Waals surface area contributed by atoms with E-state index in [1.807, 2.05) is 24.3 Å². The summed E-state index contributed by atoms with van der Waals surface area (Å²) in [6.45, 7) is 0.494. The molecule has 3 aromatic rings. The lowest BCUT2D eigenvalue weighted by atomic mass is 10.1. The third-order valence-electron chi connectivity index (χ3n) is 2.85. The topological polar surface area (TPSA) is 78.3 Å². The molecule has 0 radical (unpaired) electrons. The number of benzene rings is 1. The van der Waals surface area contributed by atoms with Crippen molar-refractivity contribution in [1.82, 2.24) is 19.6 Å². The zero-order chi connectivity index (χ0) is 13.1. The molecule has 2 N–H and O–H groups in total. The number of nitrogen functional groups attached to an aromatic ring is 1. The molecule has 0 saturated carbocycles. The van der Waals surface area contributed by atoms with Crippen molar-refractivity contribution >= 4 is 11.3 Å². The molecule has 0 aliphatic rings. The Hall–Kier alpha value is -2.63. The van der Waals surface area contributed by atoms with Gasteiger partial charge in [-0.25, -0.2) is 4.98 Å². The number of hydrogen-bond donors (Lipinski definition) is 1.